The number of amides is 1. The molecule has 1 unspecified atom stereocenters. The molecule has 2 heterocycles. The maximum atomic E-state index is 12.8. The number of likely N-dealkylation sites (tertiary alicyclic amines) is 1. The molecule has 1 aromatic carbocycles. The molecule has 0 aliphatic carbocycles. The molecule has 6 nitrogen and oxygen atoms in total. The van der Waals surface area contributed by atoms with Crippen LogP contribution in [0.2, 0.25) is 0 Å². The third-order valence-corrected chi connectivity index (χ3v) is 5.45. The molecule has 2 saturated heterocycles. The highest BCUT2D eigenvalue weighted by Crippen LogP contribution is 2.27. The molecule has 2 aliphatic heterocycles. The van der Waals surface area contributed by atoms with Crippen LogP contribution in [0.5, 0.6) is 0 Å². The topological polar surface area (TPSA) is 64.1 Å². The average Bonchev–Trinajstić information content (AvgIpc) is 3.02. The summed E-state index contributed by atoms with van der Waals surface area (Å²) in [5.74, 6) is -0.573. The molecule has 1 amide bonds. The quantitative estimate of drug-likeness (QED) is 0.850. The molecule has 136 valence electrons. The predicted molar refractivity (Wildman–Crippen MR) is 96.7 cm³/mol. The van der Waals surface area contributed by atoms with E-state index >= 15 is 0 Å². The van der Waals surface area contributed by atoms with Crippen molar-refractivity contribution in [1.29, 1.82) is 0 Å². The zero-order valence-electron chi connectivity index (χ0n) is 14.8. The van der Waals surface area contributed by atoms with Crippen LogP contribution in [0.1, 0.15) is 26.2 Å². The van der Waals surface area contributed by atoms with Crippen molar-refractivity contribution in [2.75, 3.05) is 37.6 Å². The van der Waals surface area contributed by atoms with Gasteiger partial charge >= 0.3 is 5.97 Å². The second-order valence-electron chi connectivity index (χ2n) is 6.85. The summed E-state index contributed by atoms with van der Waals surface area (Å²) in [6.07, 6.45) is 2.72. The molecule has 0 spiro atoms. The summed E-state index contributed by atoms with van der Waals surface area (Å²) in [5, 5.41) is 9.04. The van der Waals surface area contributed by atoms with Crippen LogP contribution in [0, 0.1) is 0 Å². The molecule has 1 N–H and O–H groups in total. The molecule has 3 rings (SSSR count). The van der Waals surface area contributed by atoms with Gasteiger partial charge < -0.3 is 10.0 Å². The van der Waals surface area contributed by atoms with Gasteiger partial charge in [-0.05, 0) is 37.9 Å². The molecule has 25 heavy (non-hydrogen) atoms. The van der Waals surface area contributed by atoms with E-state index in [0.29, 0.717) is 6.04 Å². The minimum absolute atomic E-state index is 0.0318. The first-order valence-corrected chi connectivity index (χ1v) is 9.16. The van der Waals surface area contributed by atoms with Crippen molar-refractivity contribution >= 4 is 17.6 Å². The summed E-state index contributed by atoms with van der Waals surface area (Å²) in [6, 6.07) is 10.1. The fourth-order valence-electron chi connectivity index (χ4n) is 4.10. The number of para-hydroxylation sites is 1. The number of aliphatic carboxylic acids is 1. The number of hydrogen-bond donors (Lipinski definition) is 1. The molecule has 0 saturated carbocycles. The molecule has 2 fully saturated rings. The van der Waals surface area contributed by atoms with Crippen LogP contribution in [-0.2, 0) is 9.59 Å². The van der Waals surface area contributed by atoms with Gasteiger partial charge in [-0.25, -0.2) is 0 Å². The Bertz CT molecular complexity index is 599. The Morgan fingerprint density at radius 3 is 2.44 bits per heavy atom. The summed E-state index contributed by atoms with van der Waals surface area (Å²) >= 11 is 0. The van der Waals surface area contributed by atoms with E-state index < -0.39 is 5.97 Å². The highest BCUT2D eigenvalue weighted by Gasteiger charge is 2.38. The van der Waals surface area contributed by atoms with Gasteiger partial charge in [-0.3, -0.25) is 19.4 Å². The number of carbonyl (C=O) groups is 2. The number of hydrogen-bond acceptors (Lipinski definition) is 4. The zero-order valence-corrected chi connectivity index (χ0v) is 14.8. The molecular formula is C19H27N3O3. The van der Waals surface area contributed by atoms with E-state index in [2.05, 4.69) is 4.90 Å². The Balaban J connectivity index is 1.57. The number of anilines is 1. The highest BCUT2D eigenvalue weighted by molar-refractivity contribution is 5.99. The minimum Gasteiger partial charge on any atom is -0.480 e. The minimum atomic E-state index is -0.770. The maximum absolute atomic E-state index is 12.8. The van der Waals surface area contributed by atoms with Gasteiger partial charge in [0.15, 0.2) is 0 Å². The van der Waals surface area contributed by atoms with Crippen molar-refractivity contribution in [2.24, 2.45) is 0 Å². The molecule has 1 atom stereocenters. The van der Waals surface area contributed by atoms with E-state index in [0.717, 1.165) is 51.1 Å². The van der Waals surface area contributed by atoms with Crippen molar-refractivity contribution in [3.05, 3.63) is 30.3 Å². The van der Waals surface area contributed by atoms with Gasteiger partial charge in [0, 0.05) is 31.4 Å². The largest absolute Gasteiger partial charge is 0.480 e. The molecule has 0 bridgehead atoms. The number of rotatable bonds is 6. The molecular weight excluding hydrogens is 318 g/mol. The number of likely N-dealkylation sites (N-methyl/N-ethyl adjacent to an activating group) is 1. The van der Waals surface area contributed by atoms with E-state index in [1.165, 1.54) is 0 Å². The third-order valence-electron chi connectivity index (χ3n) is 5.45. The lowest BCUT2D eigenvalue weighted by Crippen LogP contribution is -2.51. The SMILES string of the molecule is CCN(CC(=O)O)C1CCN(C2CCN(c3ccccc3)C2=O)CC1. The molecule has 0 aromatic heterocycles. The Kier molecular flexibility index (Phi) is 5.71. The zero-order chi connectivity index (χ0) is 17.8. The number of carboxylic acid groups (broad SMARTS) is 1. The van der Waals surface area contributed by atoms with Gasteiger partial charge in [-0.2, -0.15) is 0 Å². The maximum Gasteiger partial charge on any atom is 0.317 e. The van der Waals surface area contributed by atoms with Crippen molar-refractivity contribution in [3.8, 4) is 0 Å². The van der Waals surface area contributed by atoms with Crippen LogP contribution in [0.3, 0.4) is 0 Å². The molecule has 1 aromatic rings. The standard InChI is InChI=1S/C19H27N3O3/c1-2-20(14-18(23)24)15-8-11-21(12-9-15)17-10-13-22(19(17)25)16-6-4-3-5-7-16/h3-7,15,17H,2,8-14H2,1H3,(H,23,24). The van der Waals surface area contributed by atoms with Gasteiger partial charge in [-0.15, -0.1) is 0 Å². The Hall–Kier alpha value is -1.92. The molecule has 0 radical (unpaired) electrons. The number of nitrogens with zero attached hydrogens (tertiary/aromatic N) is 3. The van der Waals surface area contributed by atoms with Crippen molar-refractivity contribution in [2.45, 2.75) is 38.3 Å². The van der Waals surface area contributed by atoms with Crippen LogP contribution in [0.15, 0.2) is 30.3 Å². The summed E-state index contributed by atoms with van der Waals surface area (Å²) in [6.45, 7) is 5.35. The van der Waals surface area contributed by atoms with Gasteiger partial charge in [0.25, 0.3) is 0 Å². The lowest BCUT2D eigenvalue weighted by Gasteiger charge is -2.39. The lowest BCUT2D eigenvalue weighted by molar-refractivity contribution is -0.139. The fourth-order valence-corrected chi connectivity index (χ4v) is 4.10. The summed E-state index contributed by atoms with van der Waals surface area (Å²) in [5.41, 5.74) is 0.975. The van der Waals surface area contributed by atoms with Crippen LogP contribution in [0.25, 0.3) is 0 Å². The third kappa shape index (κ3) is 4.02. The van der Waals surface area contributed by atoms with Crippen molar-refractivity contribution < 1.29 is 14.7 Å². The first kappa shape index (κ1) is 17.9. The van der Waals surface area contributed by atoms with Gasteiger partial charge in [0.2, 0.25) is 5.91 Å². The monoisotopic (exact) mass is 345 g/mol. The number of piperidine rings is 1. The highest BCUT2D eigenvalue weighted by atomic mass is 16.4. The first-order valence-electron chi connectivity index (χ1n) is 9.16. The number of carbonyl (C=O) groups excluding carboxylic acids is 1. The van der Waals surface area contributed by atoms with E-state index in [-0.39, 0.29) is 18.5 Å². The van der Waals surface area contributed by atoms with Crippen LogP contribution < -0.4 is 4.90 Å². The number of benzene rings is 1. The molecule has 6 heteroatoms. The second-order valence-corrected chi connectivity index (χ2v) is 6.85. The van der Waals surface area contributed by atoms with E-state index in [4.69, 9.17) is 5.11 Å². The second kappa shape index (κ2) is 7.97. The Labute approximate surface area is 149 Å². The fraction of sp³-hybridized carbons (Fsp3) is 0.579. The smallest absolute Gasteiger partial charge is 0.317 e. The lowest BCUT2D eigenvalue weighted by atomic mass is 10.0. The van der Waals surface area contributed by atoms with E-state index in [1.54, 1.807) is 0 Å². The van der Waals surface area contributed by atoms with E-state index in [1.807, 2.05) is 47.1 Å². The van der Waals surface area contributed by atoms with E-state index in [9.17, 15) is 9.59 Å². The van der Waals surface area contributed by atoms with Crippen LogP contribution in [0.4, 0.5) is 5.69 Å². The predicted octanol–water partition coefficient (Wildman–Crippen LogP) is 1.66. The van der Waals surface area contributed by atoms with Crippen LogP contribution >= 0.6 is 0 Å². The Morgan fingerprint density at radius 2 is 1.84 bits per heavy atom. The van der Waals surface area contributed by atoms with Gasteiger partial charge in [0.05, 0.1) is 12.6 Å². The van der Waals surface area contributed by atoms with Crippen molar-refractivity contribution in [3.63, 3.8) is 0 Å². The normalized spacial score (nSPS) is 22.7. The van der Waals surface area contributed by atoms with Gasteiger partial charge in [-0.1, -0.05) is 25.1 Å². The average molecular weight is 345 g/mol. The summed E-state index contributed by atoms with van der Waals surface area (Å²) < 4.78 is 0. The van der Waals surface area contributed by atoms with Crippen molar-refractivity contribution in [1.82, 2.24) is 9.80 Å². The Morgan fingerprint density at radius 1 is 1.16 bits per heavy atom. The summed E-state index contributed by atoms with van der Waals surface area (Å²) in [4.78, 5) is 30.0. The molecule has 2 aliphatic rings. The summed E-state index contributed by atoms with van der Waals surface area (Å²) in [7, 11) is 0. The number of carboxylic acids is 1. The van der Waals surface area contributed by atoms with Crippen LogP contribution in [-0.4, -0.2) is 71.6 Å². The van der Waals surface area contributed by atoms with Gasteiger partial charge in [0.1, 0.15) is 0 Å². The first-order chi connectivity index (χ1) is 12.1.